The minimum Gasteiger partial charge on any atom is -0.487 e. The number of carbonyl (C=O) groups is 1. The van der Waals surface area contributed by atoms with Crippen molar-refractivity contribution in [1.82, 2.24) is 0 Å². The molecular formula is C21H17Cl2NO3. The summed E-state index contributed by atoms with van der Waals surface area (Å²) in [5.74, 6) is -0.0663. The minimum atomic E-state index is -0.451. The van der Waals surface area contributed by atoms with E-state index in [4.69, 9.17) is 38.4 Å². The number of carbonyl (C=O) groups excluding carboxylic acids is 1. The molecule has 0 atom stereocenters. The molecular weight excluding hydrogens is 385 g/mol. The normalized spacial score (nSPS) is 10.4. The summed E-state index contributed by atoms with van der Waals surface area (Å²) >= 11 is 12.0. The van der Waals surface area contributed by atoms with Crippen LogP contribution in [0.2, 0.25) is 10.0 Å². The fourth-order valence-corrected chi connectivity index (χ4v) is 2.85. The van der Waals surface area contributed by atoms with Crippen LogP contribution in [0.1, 0.15) is 21.5 Å². The number of hydrogen-bond donors (Lipinski definition) is 1. The molecule has 0 amide bonds. The van der Waals surface area contributed by atoms with Crippen LogP contribution in [0.3, 0.4) is 0 Å². The van der Waals surface area contributed by atoms with Crippen molar-refractivity contribution in [3.8, 4) is 5.75 Å². The van der Waals surface area contributed by atoms with Crippen LogP contribution in [-0.4, -0.2) is 5.97 Å². The molecule has 0 aliphatic carbocycles. The lowest BCUT2D eigenvalue weighted by molar-refractivity contribution is 0.0472. The van der Waals surface area contributed by atoms with E-state index < -0.39 is 5.97 Å². The van der Waals surface area contributed by atoms with Crippen molar-refractivity contribution >= 4 is 34.9 Å². The highest BCUT2D eigenvalue weighted by Gasteiger charge is 2.12. The standard InChI is InChI=1S/C21H17Cl2NO3/c22-17-8-6-16(18(23)11-17)13-26-20-10-15(7-9-19(20)24)21(25)27-12-14-4-2-1-3-5-14/h1-11H,12-13,24H2. The molecule has 6 heteroatoms. The highest BCUT2D eigenvalue weighted by Crippen LogP contribution is 2.27. The summed E-state index contributed by atoms with van der Waals surface area (Å²) < 4.78 is 11.1. The fraction of sp³-hybridized carbons (Fsp3) is 0.0952. The molecule has 2 N–H and O–H groups in total. The Morgan fingerprint density at radius 1 is 0.926 bits per heavy atom. The molecule has 0 unspecified atom stereocenters. The lowest BCUT2D eigenvalue weighted by atomic mass is 10.2. The summed E-state index contributed by atoms with van der Waals surface area (Å²) in [6.07, 6.45) is 0. The van der Waals surface area contributed by atoms with Crippen LogP contribution in [0.15, 0.2) is 66.7 Å². The molecule has 0 spiro atoms. The molecule has 138 valence electrons. The van der Waals surface area contributed by atoms with Gasteiger partial charge in [-0.25, -0.2) is 4.79 Å². The largest absolute Gasteiger partial charge is 0.487 e. The van der Waals surface area contributed by atoms with Gasteiger partial charge in [-0.2, -0.15) is 0 Å². The van der Waals surface area contributed by atoms with Gasteiger partial charge in [0.05, 0.1) is 11.3 Å². The average Bonchev–Trinajstić information content (AvgIpc) is 2.67. The number of esters is 1. The molecule has 3 aromatic carbocycles. The lowest BCUT2D eigenvalue weighted by Gasteiger charge is -2.12. The number of ether oxygens (including phenoxy) is 2. The van der Waals surface area contributed by atoms with Gasteiger partial charge in [0.25, 0.3) is 0 Å². The number of nitrogen functional groups attached to an aromatic ring is 1. The lowest BCUT2D eigenvalue weighted by Crippen LogP contribution is -2.07. The zero-order chi connectivity index (χ0) is 19.2. The van der Waals surface area contributed by atoms with E-state index in [9.17, 15) is 4.79 Å². The summed E-state index contributed by atoms with van der Waals surface area (Å²) in [6.45, 7) is 0.392. The van der Waals surface area contributed by atoms with E-state index in [2.05, 4.69) is 0 Å². The van der Waals surface area contributed by atoms with Crippen LogP contribution in [-0.2, 0) is 18.0 Å². The van der Waals surface area contributed by atoms with Crippen molar-refractivity contribution in [2.45, 2.75) is 13.2 Å². The highest BCUT2D eigenvalue weighted by atomic mass is 35.5. The van der Waals surface area contributed by atoms with E-state index in [0.29, 0.717) is 27.0 Å². The van der Waals surface area contributed by atoms with Gasteiger partial charge in [-0.15, -0.1) is 0 Å². The highest BCUT2D eigenvalue weighted by molar-refractivity contribution is 6.35. The Morgan fingerprint density at radius 3 is 2.44 bits per heavy atom. The Kier molecular flexibility index (Phi) is 6.22. The summed E-state index contributed by atoms with van der Waals surface area (Å²) in [5.41, 5.74) is 8.40. The first-order valence-electron chi connectivity index (χ1n) is 8.20. The monoisotopic (exact) mass is 401 g/mol. The van der Waals surface area contributed by atoms with Crippen LogP contribution in [0, 0.1) is 0 Å². The first-order valence-corrected chi connectivity index (χ1v) is 8.96. The number of halogens is 2. The molecule has 0 aliphatic heterocycles. The third-order valence-electron chi connectivity index (χ3n) is 3.86. The SMILES string of the molecule is Nc1ccc(C(=O)OCc2ccccc2)cc1OCc1ccc(Cl)cc1Cl. The van der Waals surface area contributed by atoms with Gasteiger partial charge in [0.15, 0.2) is 0 Å². The zero-order valence-corrected chi connectivity index (χ0v) is 15.8. The first-order chi connectivity index (χ1) is 13.0. The fourth-order valence-electron chi connectivity index (χ4n) is 2.39. The topological polar surface area (TPSA) is 61.6 Å². The zero-order valence-electron chi connectivity index (χ0n) is 14.3. The van der Waals surface area contributed by atoms with E-state index in [1.54, 1.807) is 36.4 Å². The van der Waals surface area contributed by atoms with Crippen molar-refractivity contribution in [3.05, 3.63) is 93.5 Å². The van der Waals surface area contributed by atoms with Crippen LogP contribution < -0.4 is 10.5 Å². The van der Waals surface area contributed by atoms with Gasteiger partial charge in [-0.3, -0.25) is 0 Å². The maximum absolute atomic E-state index is 12.3. The number of rotatable bonds is 6. The van der Waals surface area contributed by atoms with Crippen LogP contribution in [0.25, 0.3) is 0 Å². The number of hydrogen-bond acceptors (Lipinski definition) is 4. The Bertz CT molecular complexity index is 945. The molecule has 0 heterocycles. The summed E-state index contributed by atoms with van der Waals surface area (Å²) in [7, 11) is 0. The van der Waals surface area contributed by atoms with Crippen LogP contribution >= 0.6 is 23.2 Å². The molecule has 4 nitrogen and oxygen atoms in total. The van der Waals surface area contributed by atoms with E-state index in [1.807, 2.05) is 30.3 Å². The number of benzene rings is 3. The van der Waals surface area contributed by atoms with E-state index >= 15 is 0 Å². The Labute approximate surface area is 167 Å². The molecule has 0 saturated carbocycles. The molecule has 0 fully saturated rings. The van der Waals surface area contributed by atoms with Crippen molar-refractivity contribution in [1.29, 1.82) is 0 Å². The maximum Gasteiger partial charge on any atom is 0.338 e. The third kappa shape index (κ3) is 5.16. The van der Waals surface area contributed by atoms with Gasteiger partial charge in [0.1, 0.15) is 19.0 Å². The van der Waals surface area contributed by atoms with Gasteiger partial charge in [0, 0.05) is 15.6 Å². The number of anilines is 1. The van der Waals surface area contributed by atoms with Crippen molar-refractivity contribution < 1.29 is 14.3 Å². The van der Waals surface area contributed by atoms with Crippen molar-refractivity contribution in [3.63, 3.8) is 0 Å². The maximum atomic E-state index is 12.3. The molecule has 0 saturated heterocycles. The Morgan fingerprint density at radius 2 is 1.70 bits per heavy atom. The molecule has 3 aromatic rings. The third-order valence-corrected chi connectivity index (χ3v) is 4.45. The first kappa shape index (κ1) is 19.1. The molecule has 27 heavy (non-hydrogen) atoms. The van der Waals surface area contributed by atoms with Gasteiger partial charge in [-0.1, -0.05) is 59.6 Å². The van der Waals surface area contributed by atoms with Crippen LogP contribution in [0.5, 0.6) is 5.75 Å². The van der Waals surface area contributed by atoms with Gasteiger partial charge >= 0.3 is 5.97 Å². The predicted molar refractivity (Wildman–Crippen MR) is 107 cm³/mol. The second-order valence-corrected chi connectivity index (χ2v) is 6.68. The summed E-state index contributed by atoms with van der Waals surface area (Å²) in [6, 6.07) is 19.4. The van der Waals surface area contributed by atoms with Crippen LogP contribution in [0.4, 0.5) is 5.69 Å². The Balaban J connectivity index is 1.67. The molecule has 0 radical (unpaired) electrons. The van der Waals surface area contributed by atoms with Gasteiger partial charge in [-0.05, 0) is 35.9 Å². The second kappa shape index (κ2) is 8.80. The minimum absolute atomic E-state index is 0.195. The van der Waals surface area contributed by atoms with Crippen molar-refractivity contribution in [2.24, 2.45) is 0 Å². The smallest absolute Gasteiger partial charge is 0.338 e. The van der Waals surface area contributed by atoms with E-state index in [1.165, 1.54) is 0 Å². The predicted octanol–water partition coefficient (Wildman–Crippen LogP) is 5.51. The summed E-state index contributed by atoms with van der Waals surface area (Å²) in [5, 5.41) is 1.05. The van der Waals surface area contributed by atoms with E-state index in [-0.39, 0.29) is 13.2 Å². The second-order valence-electron chi connectivity index (χ2n) is 5.84. The Hall–Kier alpha value is -2.69. The quantitative estimate of drug-likeness (QED) is 0.436. The van der Waals surface area contributed by atoms with Gasteiger partial charge in [0.2, 0.25) is 0 Å². The van der Waals surface area contributed by atoms with Gasteiger partial charge < -0.3 is 15.2 Å². The molecule has 0 aliphatic rings. The van der Waals surface area contributed by atoms with E-state index in [0.717, 1.165) is 11.1 Å². The molecule has 0 bridgehead atoms. The number of nitrogens with two attached hydrogens (primary N) is 1. The summed E-state index contributed by atoms with van der Waals surface area (Å²) in [4.78, 5) is 12.3. The molecule has 3 rings (SSSR count). The average molecular weight is 402 g/mol. The van der Waals surface area contributed by atoms with Crippen molar-refractivity contribution in [2.75, 3.05) is 5.73 Å². The molecule has 0 aromatic heterocycles.